The molecule has 0 unspecified atom stereocenters. The van der Waals surface area contributed by atoms with Crippen molar-refractivity contribution in [3.63, 3.8) is 0 Å². The maximum absolute atomic E-state index is 13.9. The van der Waals surface area contributed by atoms with Gasteiger partial charge in [0.1, 0.15) is 28.3 Å². The minimum atomic E-state index is -4.18. The zero-order valence-electron chi connectivity index (χ0n) is 14.6. The number of piperidine rings is 1. The van der Waals surface area contributed by atoms with E-state index in [0.29, 0.717) is 16.8 Å². The summed E-state index contributed by atoms with van der Waals surface area (Å²) in [6.07, 6.45) is 1.96. The van der Waals surface area contributed by atoms with Gasteiger partial charge in [0.2, 0.25) is 10.0 Å². The van der Waals surface area contributed by atoms with Crippen LogP contribution in [0.15, 0.2) is 41.4 Å². The predicted octanol–water partition coefficient (Wildman–Crippen LogP) is 3.16. The van der Waals surface area contributed by atoms with E-state index in [1.807, 2.05) is 0 Å². The molecule has 1 aromatic carbocycles. The largest absolute Gasteiger partial charge is 0.461 e. The van der Waals surface area contributed by atoms with Crippen LogP contribution in [0.2, 0.25) is 5.15 Å². The molecule has 6 nitrogen and oxygen atoms in total. The first-order chi connectivity index (χ1) is 13.3. The van der Waals surface area contributed by atoms with Crippen molar-refractivity contribution in [2.45, 2.75) is 24.3 Å². The third kappa shape index (κ3) is 4.65. The lowest BCUT2D eigenvalue weighted by Gasteiger charge is -2.30. The first kappa shape index (κ1) is 20.6. The molecule has 0 amide bonds. The molecule has 0 saturated carbocycles. The molecule has 0 atom stereocenters. The number of rotatable bonds is 5. The van der Waals surface area contributed by atoms with Crippen LogP contribution in [0.5, 0.6) is 0 Å². The molecule has 28 heavy (non-hydrogen) atoms. The summed E-state index contributed by atoms with van der Waals surface area (Å²) < 4.78 is 58.6. The van der Waals surface area contributed by atoms with Gasteiger partial charge in [-0.05, 0) is 37.1 Å². The average Bonchev–Trinajstić information content (AvgIpc) is 2.69. The van der Waals surface area contributed by atoms with Gasteiger partial charge in [0.25, 0.3) is 0 Å². The van der Waals surface area contributed by atoms with Crippen molar-refractivity contribution < 1.29 is 26.7 Å². The Bertz CT molecular complexity index is 962. The molecule has 0 N–H and O–H groups in total. The van der Waals surface area contributed by atoms with Gasteiger partial charge in [-0.15, -0.1) is 0 Å². The zero-order valence-corrected chi connectivity index (χ0v) is 16.2. The normalized spacial score (nSPS) is 16.1. The molecule has 2 heterocycles. The van der Waals surface area contributed by atoms with Crippen molar-refractivity contribution in [2.75, 3.05) is 13.1 Å². The molecular formula is C18H17ClF2N2O4S. The summed E-state index contributed by atoms with van der Waals surface area (Å²) in [6.45, 7) is 0.0666. The number of hydrogen-bond acceptors (Lipinski definition) is 5. The minimum absolute atomic E-state index is 0.0144. The number of esters is 1. The van der Waals surface area contributed by atoms with E-state index in [2.05, 4.69) is 4.98 Å². The fourth-order valence-corrected chi connectivity index (χ4v) is 4.57. The third-order valence-electron chi connectivity index (χ3n) is 4.47. The third-order valence-corrected chi connectivity index (χ3v) is 6.61. The van der Waals surface area contributed by atoms with Gasteiger partial charge in [0.05, 0.1) is 5.92 Å². The summed E-state index contributed by atoms with van der Waals surface area (Å²) in [4.78, 5) is 15.4. The SMILES string of the molecule is O=C(OCc1ccc(Cl)nc1)C1CCN(S(=O)(=O)c2cc(F)ccc2F)CC1. The number of hydrogen-bond donors (Lipinski definition) is 0. The second-order valence-corrected chi connectivity index (χ2v) is 8.64. The second-order valence-electron chi connectivity index (χ2n) is 6.35. The maximum Gasteiger partial charge on any atom is 0.309 e. The summed E-state index contributed by atoms with van der Waals surface area (Å²) in [6, 6.07) is 5.56. The Morgan fingerprint density at radius 3 is 2.57 bits per heavy atom. The minimum Gasteiger partial charge on any atom is -0.461 e. The van der Waals surface area contributed by atoms with Crippen LogP contribution in [0.4, 0.5) is 8.78 Å². The van der Waals surface area contributed by atoms with Crippen molar-refractivity contribution in [1.29, 1.82) is 0 Å². The van der Waals surface area contributed by atoms with Crippen molar-refractivity contribution in [3.05, 3.63) is 58.9 Å². The van der Waals surface area contributed by atoms with Gasteiger partial charge >= 0.3 is 5.97 Å². The molecule has 0 aliphatic carbocycles. The standard InChI is InChI=1S/C18H17ClF2N2O4S/c19-17-4-1-12(10-22-17)11-27-18(24)13-5-7-23(8-6-13)28(25,26)16-9-14(20)2-3-15(16)21/h1-4,9-10,13H,5-8,11H2. The summed E-state index contributed by atoms with van der Waals surface area (Å²) in [5.41, 5.74) is 0.680. The van der Waals surface area contributed by atoms with E-state index in [4.69, 9.17) is 16.3 Å². The number of carbonyl (C=O) groups excluding carboxylic acids is 1. The van der Waals surface area contributed by atoms with Crippen molar-refractivity contribution in [1.82, 2.24) is 9.29 Å². The van der Waals surface area contributed by atoms with Gasteiger partial charge < -0.3 is 4.74 Å². The molecule has 1 aromatic heterocycles. The lowest BCUT2D eigenvalue weighted by Crippen LogP contribution is -2.40. The topological polar surface area (TPSA) is 76.6 Å². The molecule has 10 heteroatoms. The van der Waals surface area contributed by atoms with Gasteiger partial charge in [-0.25, -0.2) is 22.2 Å². The zero-order chi connectivity index (χ0) is 20.3. The van der Waals surface area contributed by atoms with Crippen LogP contribution < -0.4 is 0 Å². The fourth-order valence-electron chi connectivity index (χ4n) is 2.91. The first-order valence-corrected chi connectivity index (χ1v) is 10.3. The maximum atomic E-state index is 13.9. The van der Waals surface area contributed by atoms with Crippen LogP contribution in [0, 0.1) is 17.6 Å². The molecule has 0 bridgehead atoms. The van der Waals surface area contributed by atoms with Gasteiger partial charge in [0, 0.05) is 24.8 Å². The second kappa shape index (κ2) is 8.50. The number of benzene rings is 1. The Labute approximate surface area is 166 Å². The van der Waals surface area contributed by atoms with E-state index < -0.39 is 38.4 Å². The van der Waals surface area contributed by atoms with E-state index >= 15 is 0 Å². The number of nitrogens with zero attached hydrogens (tertiary/aromatic N) is 2. The quantitative estimate of drug-likeness (QED) is 0.538. The summed E-state index contributed by atoms with van der Waals surface area (Å²) in [7, 11) is -4.18. The Hall–Kier alpha value is -2.10. The molecule has 1 fully saturated rings. The van der Waals surface area contributed by atoms with Gasteiger partial charge in [-0.3, -0.25) is 4.79 Å². The molecule has 2 aromatic rings. The number of aromatic nitrogens is 1. The smallest absolute Gasteiger partial charge is 0.309 e. The first-order valence-electron chi connectivity index (χ1n) is 8.49. The van der Waals surface area contributed by atoms with Crippen LogP contribution in [0.25, 0.3) is 0 Å². The lowest BCUT2D eigenvalue weighted by atomic mass is 9.98. The summed E-state index contributed by atoms with van der Waals surface area (Å²) in [5, 5.41) is 0.332. The Morgan fingerprint density at radius 1 is 1.21 bits per heavy atom. The molecule has 1 aliphatic rings. The van der Waals surface area contributed by atoms with Gasteiger partial charge in [0.15, 0.2) is 0 Å². The van der Waals surface area contributed by atoms with E-state index in [1.165, 1.54) is 6.20 Å². The Balaban J connectivity index is 1.58. The van der Waals surface area contributed by atoms with Crippen LogP contribution >= 0.6 is 11.6 Å². The van der Waals surface area contributed by atoms with Crippen molar-refractivity contribution in [3.8, 4) is 0 Å². The monoisotopic (exact) mass is 430 g/mol. The molecular weight excluding hydrogens is 414 g/mol. The summed E-state index contributed by atoms with van der Waals surface area (Å²) in [5.74, 6) is -2.76. The molecule has 0 spiro atoms. The highest BCUT2D eigenvalue weighted by Gasteiger charge is 2.34. The molecule has 1 aliphatic heterocycles. The van der Waals surface area contributed by atoms with E-state index in [1.54, 1.807) is 12.1 Å². The van der Waals surface area contributed by atoms with Gasteiger partial charge in [-0.1, -0.05) is 17.7 Å². The number of ether oxygens (including phenoxy) is 1. The van der Waals surface area contributed by atoms with Crippen molar-refractivity contribution >= 4 is 27.6 Å². The number of sulfonamides is 1. The predicted molar refractivity (Wildman–Crippen MR) is 96.9 cm³/mol. The summed E-state index contributed by atoms with van der Waals surface area (Å²) >= 11 is 5.69. The van der Waals surface area contributed by atoms with Crippen LogP contribution in [-0.4, -0.2) is 36.8 Å². The number of carbonyl (C=O) groups is 1. The fraction of sp³-hybridized carbons (Fsp3) is 0.333. The Morgan fingerprint density at radius 2 is 1.93 bits per heavy atom. The van der Waals surface area contributed by atoms with Crippen LogP contribution in [-0.2, 0) is 26.2 Å². The molecule has 1 saturated heterocycles. The van der Waals surface area contributed by atoms with E-state index in [9.17, 15) is 22.0 Å². The highest BCUT2D eigenvalue weighted by Crippen LogP contribution is 2.26. The van der Waals surface area contributed by atoms with Crippen LogP contribution in [0.3, 0.4) is 0 Å². The Kier molecular flexibility index (Phi) is 6.26. The van der Waals surface area contributed by atoms with E-state index in [-0.39, 0.29) is 32.5 Å². The van der Waals surface area contributed by atoms with E-state index in [0.717, 1.165) is 16.4 Å². The molecule has 0 radical (unpaired) electrons. The highest BCUT2D eigenvalue weighted by atomic mass is 35.5. The molecule has 3 rings (SSSR count). The highest BCUT2D eigenvalue weighted by molar-refractivity contribution is 7.89. The average molecular weight is 431 g/mol. The number of halogens is 3. The number of pyridine rings is 1. The van der Waals surface area contributed by atoms with Crippen LogP contribution in [0.1, 0.15) is 18.4 Å². The molecule has 150 valence electrons. The van der Waals surface area contributed by atoms with Crippen molar-refractivity contribution in [2.24, 2.45) is 5.92 Å². The van der Waals surface area contributed by atoms with Gasteiger partial charge in [-0.2, -0.15) is 4.31 Å². The lowest BCUT2D eigenvalue weighted by molar-refractivity contribution is -0.151.